The van der Waals surface area contributed by atoms with Gasteiger partial charge in [0.05, 0.1) is 0 Å². The van der Waals surface area contributed by atoms with Crippen molar-refractivity contribution in [3.8, 4) is 0 Å². The van der Waals surface area contributed by atoms with Crippen LogP contribution in [0.1, 0.15) is 54.4 Å². The van der Waals surface area contributed by atoms with Gasteiger partial charge in [-0.25, -0.2) is 0 Å². The average molecular weight is 243 g/mol. The summed E-state index contributed by atoms with van der Waals surface area (Å²) < 4.78 is 0. The molecule has 0 amide bonds. The Balaban J connectivity index is 1.61. The summed E-state index contributed by atoms with van der Waals surface area (Å²) in [5.41, 5.74) is 3.43. The maximum absolute atomic E-state index is 12.2. The Morgan fingerprint density at radius 3 is 2.94 bits per heavy atom. The summed E-state index contributed by atoms with van der Waals surface area (Å²) in [6.07, 6.45) is 8.28. The van der Waals surface area contributed by atoms with E-state index in [1.807, 2.05) is 6.07 Å². The molecule has 1 heterocycles. The van der Waals surface area contributed by atoms with Gasteiger partial charge in [-0.15, -0.1) is 0 Å². The summed E-state index contributed by atoms with van der Waals surface area (Å²) in [6, 6.07) is 6.13. The lowest BCUT2D eigenvalue weighted by molar-refractivity contribution is 0.0974. The molecule has 1 saturated carbocycles. The second-order valence-electron chi connectivity index (χ2n) is 5.66. The molecule has 1 aliphatic heterocycles. The lowest BCUT2D eigenvalue weighted by atomic mass is 9.96. The van der Waals surface area contributed by atoms with E-state index in [9.17, 15) is 4.79 Å². The number of ketones is 1. The van der Waals surface area contributed by atoms with Gasteiger partial charge in [0.2, 0.25) is 0 Å². The zero-order chi connectivity index (χ0) is 12.4. The summed E-state index contributed by atoms with van der Waals surface area (Å²) in [4.78, 5) is 12.2. The highest BCUT2D eigenvalue weighted by Crippen LogP contribution is 2.29. The molecule has 0 bridgehead atoms. The van der Waals surface area contributed by atoms with Crippen LogP contribution >= 0.6 is 0 Å². The third kappa shape index (κ3) is 2.43. The summed E-state index contributed by atoms with van der Waals surface area (Å²) in [7, 11) is 0. The van der Waals surface area contributed by atoms with Crippen LogP contribution in [-0.4, -0.2) is 12.3 Å². The zero-order valence-electron chi connectivity index (χ0n) is 10.9. The second kappa shape index (κ2) is 5.13. The number of hydrogen-bond acceptors (Lipinski definition) is 2. The minimum absolute atomic E-state index is 0.330. The third-order valence-corrected chi connectivity index (χ3v) is 4.39. The topological polar surface area (TPSA) is 29.1 Å². The van der Waals surface area contributed by atoms with Crippen LogP contribution in [0.4, 0.5) is 5.69 Å². The van der Waals surface area contributed by atoms with Gasteiger partial charge in [0.25, 0.3) is 0 Å². The molecule has 18 heavy (non-hydrogen) atoms. The zero-order valence-corrected chi connectivity index (χ0v) is 10.9. The second-order valence-corrected chi connectivity index (χ2v) is 5.66. The maximum Gasteiger partial charge on any atom is 0.162 e. The molecule has 0 radical (unpaired) electrons. The van der Waals surface area contributed by atoms with Gasteiger partial charge in [0, 0.05) is 24.2 Å². The Labute approximate surface area is 109 Å². The summed E-state index contributed by atoms with van der Waals surface area (Å²) in [6.45, 7) is 1.01. The highest BCUT2D eigenvalue weighted by atomic mass is 16.1. The van der Waals surface area contributed by atoms with Crippen molar-refractivity contribution in [3.63, 3.8) is 0 Å². The molecule has 2 nitrogen and oxygen atoms in total. The van der Waals surface area contributed by atoms with E-state index >= 15 is 0 Å². The molecule has 3 rings (SSSR count). The van der Waals surface area contributed by atoms with Crippen LogP contribution in [-0.2, 0) is 6.42 Å². The van der Waals surface area contributed by atoms with Crippen LogP contribution in [0.3, 0.4) is 0 Å². The van der Waals surface area contributed by atoms with Crippen molar-refractivity contribution in [2.45, 2.75) is 44.9 Å². The van der Waals surface area contributed by atoms with Gasteiger partial charge in [0.15, 0.2) is 5.78 Å². The molecule has 0 atom stereocenters. The molecule has 1 N–H and O–H groups in total. The first kappa shape index (κ1) is 11.8. The number of carbonyl (C=O) groups is 1. The number of benzene rings is 1. The number of anilines is 1. The fraction of sp³-hybridized carbons (Fsp3) is 0.562. The highest BCUT2D eigenvalue weighted by molar-refractivity contribution is 5.96. The van der Waals surface area contributed by atoms with Gasteiger partial charge in [-0.1, -0.05) is 25.7 Å². The summed E-state index contributed by atoms with van der Waals surface area (Å²) in [5.74, 6) is 1.14. The van der Waals surface area contributed by atoms with Crippen molar-refractivity contribution in [2.75, 3.05) is 11.9 Å². The van der Waals surface area contributed by atoms with Crippen molar-refractivity contribution in [3.05, 3.63) is 29.3 Å². The van der Waals surface area contributed by atoms with E-state index in [2.05, 4.69) is 17.4 Å². The van der Waals surface area contributed by atoms with Crippen LogP contribution < -0.4 is 5.32 Å². The highest BCUT2D eigenvalue weighted by Gasteiger charge is 2.18. The molecular formula is C16H21NO. The fourth-order valence-corrected chi connectivity index (χ4v) is 3.26. The first-order valence-corrected chi connectivity index (χ1v) is 7.23. The Kier molecular flexibility index (Phi) is 3.35. The molecule has 1 fully saturated rings. The van der Waals surface area contributed by atoms with Gasteiger partial charge in [0.1, 0.15) is 0 Å². The van der Waals surface area contributed by atoms with Gasteiger partial charge in [-0.05, 0) is 42.5 Å². The minimum atomic E-state index is 0.330. The molecular weight excluding hydrogens is 222 g/mol. The maximum atomic E-state index is 12.2. The number of hydrogen-bond donors (Lipinski definition) is 1. The quantitative estimate of drug-likeness (QED) is 0.815. The van der Waals surface area contributed by atoms with E-state index in [4.69, 9.17) is 0 Å². The predicted molar refractivity (Wildman–Crippen MR) is 74.2 cm³/mol. The van der Waals surface area contributed by atoms with E-state index in [-0.39, 0.29) is 0 Å². The number of carbonyl (C=O) groups excluding carboxylic acids is 1. The predicted octanol–water partition coefficient (Wildman–Crippen LogP) is 3.81. The van der Waals surface area contributed by atoms with Crippen molar-refractivity contribution in [1.82, 2.24) is 0 Å². The molecule has 1 aromatic rings. The number of rotatable bonds is 4. The van der Waals surface area contributed by atoms with Crippen molar-refractivity contribution in [1.29, 1.82) is 0 Å². The first-order valence-electron chi connectivity index (χ1n) is 7.23. The van der Waals surface area contributed by atoms with Crippen molar-refractivity contribution in [2.24, 2.45) is 5.92 Å². The van der Waals surface area contributed by atoms with Gasteiger partial charge in [-0.3, -0.25) is 4.79 Å². The smallest absolute Gasteiger partial charge is 0.162 e. The molecule has 2 heteroatoms. The van der Waals surface area contributed by atoms with Crippen LogP contribution in [0.25, 0.3) is 0 Å². The lowest BCUT2D eigenvalue weighted by Crippen LogP contribution is -2.03. The Morgan fingerprint density at radius 2 is 2.11 bits per heavy atom. The van der Waals surface area contributed by atoms with E-state index in [0.29, 0.717) is 5.78 Å². The Morgan fingerprint density at radius 1 is 1.28 bits per heavy atom. The van der Waals surface area contributed by atoms with Crippen molar-refractivity contribution < 1.29 is 4.79 Å². The van der Waals surface area contributed by atoms with E-state index < -0.39 is 0 Å². The Bertz CT molecular complexity index is 446. The number of fused-ring (bicyclic) bond motifs is 1. The van der Waals surface area contributed by atoms with E-state index in [1.54, 1.807) is 0 Å². The Hall–Kier alpha value is -1.31. The van der Waals surface area contributed by atoms with Crippen LogP contribution in [0, 0.1) is 5.92 Å². The van der Waals surface area contributed by atoms with Crippen LogP contribution in [0.2, 0.25) is 0 Å². The number of Topliss-reactive ketones (excluding diaryl/α,β-unsaturated/α-hetero) is 1. The molecule has 96 valence electrons. The fourth-order valence-electron chi connectivity index (χ4n) is 3.26. The SMILES string of the molecule is O=C(CCC1CCCC1)c1ccc2c(c1)CCN2. The molecule has 0 saturated heterocycles. The normalized spacial score (nSPS) is 18.7. The van der Waals surface area contributed by atoms with Gasteiger partial charge in [-0.2, -0.15) is 0 Å². The van der Waals surface area contributed by atoms with E-state index in [0.717, 1.165) is 37.3 Å². The average Bonchev–Trinajstić information content (AvgIpc) is 3.05. The van der Waals surface area contributed by atoms with Crippen molar-refractivity contribution >= 4 is 11.5 Å². The van der Waals surface area contributed by atoms with E-state index in [1.165, 1.54) is 36.9 Å². The molecule has 1 aliphatic carbocycles. The summed E-state index contributed by atoms with van der Waals surface area (Å²) >= 11 is 0. The molecule has 2 aliphatic rings. The third-order valence-electron chi connectivity index (χ3n) is 4.39. The monoisotopic (exact) mass is 243 g/mol. The molecule has 1 aromatic carbocycles. The minimum Gasteiger partial charge on any atom is -0.384 e. The largest absolute Gasteiger partial charge is 0.384 e. The summed E-state index contributed by atoms with van der Waals surface area (Å²) in [5, 5.41) is 3.33. The van der Waals surface area contributed by atoms with Gasteiger partial charge >= 0.3 is 0 Å². The standard InChI is InChI=1S/C16H21NO/c18-16(8-5-12-3-1-2-4-12)14-6-7-15-13(11-14)9-10-17-15/h6-7,11-12,17H,1-5,8-10H2. The lowest BCUT2D eigenvalue weighted by Gasteiger charge is -2.08. The number of nitrogens with one attached hydrogen (secondary N) is 1. The molecule has 0 spiro atoms. The first-order chi connectivity index (χ1) is 8.83. The molecule has 0 unspecified atom stereocenters. The van der Waals surface area contributed by atoms with Crippen LogP contribution in [0.5, 0.6) is 0 Å². The van der Waals surface area contributed by atoms with Crippen LogP contribution in [0.15, 0.2) is 18.2 Å². The molecule has 0 aromatic heterocycles. The van der Waals surface area contributed by atoms with Gasteiger partial charge < -0.3 is 5.32 Å².